The van der Waals surface area contributed by atoms with Gasteiger partial charge in [0.2, 0.25) is 0 Å². The normalized spacial score (nSPS) is 10.6. The van der Waals surface area contributed by atoms with Gasteiger partial charge in [0.05, 0.1) is 10.4 Å². The molecule has 3 aromatic rings. The Balaban J connectivity index is 0.000000921. The van der Waals surface area contributed by atoms with E-state index in [-0.39, 0.29) is 47.8 Å². The number of rotatable bonds is 2. The van der Waals surface area contributed by atoms with Gasteiger partial charge in [-0.05, 0) is 26.5 Å². The summed E-state index contributed by atoms with van der Waals surface area (Å²) in [5, 5.41) is 6.93. The number of nitrogens with two attached hydrogens (primary N) is 1. The molecule has 0 radical (unpaired) electrons. The van der Waals surface area contributed by atoms with E-state index in [2.05, 4.69) is 18.1 Å². The van der Waals surface area contributed by atoms with Crippen LogP contribution in [0.4, 0.5) is 5.00 Å². The molecule has 2 heterocycles. The number of hydrogen-bond acceptors (Lipinski definition) is 6. The molecular weight excluding hydrogens is 600 g/mol. The van der Waals surface area contributed by atoms with Crippen LogP contribution >= 0.6 is 11.3 Å². The first-order valence-electron chi connectivity index (χ1n) is 8.48. The molecule has 0 aliphatic rings. The summed E-state index contributed by atoms with van der Waals surface area (Å²) < 4.78 is 6.58. The second-order valence-corrected chi connectivity index (χ2v) is 7.63. The molecule has 0 aliphatic heterocycles. The number of hydrogen-bond donors (Lipinski definition) is 1. The number of carbonyl (C=O) groups excluding carboxylic acids is 1. The van der Waals surface area contributed by atoms with E-state index in [0.717, 1.165) is 6.42 Å². The molecule has 0 fully saturated rings. The van der Waals surface area contributed by atoms with E-state index in [1.54, 1.807) is 50.4 Å². The molecule has 8 heteroatoms. The maximum Gasteiger partial charge on any atom is 2.00 e. The van der Waals surface area contributed by atoms with Crippen molar-refractivity contribution in [2.45, 2.75) is 39.7 Å². The summed E-state index contributed by atoms with van der Waals surface area (Å²) in [6, 6.07) is 9.57. The van der Waals surface area contributed by atoms with E-state index < -0.39 is 11.6 Å². The number of esters is 1. The average molecular weight is 624 g/mol. The summed E-state index contributed by atoms with van der Waals surface area (Å²) in [6.07, 6.45) is 1.00. The molecule has 0 saturated carbocycles. The fourth-order valence-corrected chi connectivity index (χ4v) is 3.03. The fraction of sp³-hybridized carbons (Fsp3) is 0.300. The third kappa shape index (κ3) is 5.69. The smallest absolute Gasteiger partial charge is 0.455 e. The average Bonchev–Trinajstić information content (AvgIpc) is 2.97. The molecule has 0 atom stereocenters. The molecule has 146 valence electrons. The van der Waals surface area contributed by atoms with Crippen LogP contribution < -0.4 is 11.3 Å². The minimum absolute atomic E-state index is 0. The van der Waals surface area contributed by atoms with Crippen molar-refractivity contribution in [1.29, 1.82) is 0 Å². The van der Waals surface area contributed by atoms with Gasteiger partial charge in [-0.3, -0.25) is 4.79 Å². The fourth-order valence-electron chi connectivity index (χ4n) is 2.24. The van der Waals surface area contributed by atoms with Gasteiger partial charge in [-0.15, -0.1) is 23.5 Å². The predicted octanol–water partition coefficient (Wildman–Crippen LogP) is 4.02. The second-order valence-electron chi connectivity index (χ2n) is 6.71. The number of thiophene rings is 1. The second kappa shape index (κ2) is 10.2. The van der Waals surface area contributed by atoms with E-state index >= 15 is 0 Å². The number of benzene rings is 1. The predicted molar refractivity (Wildman–Crippen MR) is 109 cm³/mol. The molecule has 2 N–H and O–H groups in total. The van der Waals surface area contributed by atoms with Gasteiger partial charge in [0.25, 0.3) is 5.56 Å². The SMILES string of the molecule is CC(C)(C)OC(=O)c1nn(-c2cc[c-]cc2)c(=O)c2c(N)scc12.[CH2-]CC.[U+2]. The Morgan fingerprint density at radius 1 is 1.36 bits per heavy atom. The molecular formula is C20H23N3O3SU. The molecule has 0 bridgehead atoms. The molecule has 0 spiro atoms. The monoisotopic (exact) mass is 623 g/mol. The van der Waals surface area contributed by atoms with Gasteiger partial charge in [-0.2, -0.15) is 29.7 Å². The number of ether oxygens (including phenoxy) is 1. The zero-order valence-corrected chi connectivity index (χ0v) is 21.4. The number of carbonyl (C=O) groups is 1. The van der Waals surface area contributed by atoms with E-state index in [1.165, 1.54) is 16.0 Å². The van der Waals surface area contributed by atoms with Gasteiger partial charge in [-0.1, -0.05) is 6.92 Å². The third-order valence-corrected chi connectivity index (χ3v) is 4.03. The van der Waals surface area contributed by atoms with Gasteiger partial charge in [0.1, 0.15) is 5.60 Å². The van der Waals surface area contributed by atoms with Crippen LogP contribution in [0.5, 0.6) is 0 Å². The molecule has 0 unspecified atom stereocenters. The Labute approximate surface area is 192 Å². The summed E-state index contributed by atoms with van der Waals surface area (Å²) in [5.41, 5.74) is 5.49. The standard InChI is InChI=1S/C17H16N3O3S.C3H7.U/c1-17(2,3)23-16(22)13-11-9-24-14(18)12(11)15(21)20(19-13)10-7-5-4-6-8-10;1-3-2;/h5-9H,18H2,1-3H3;1,3H2,2H3;/q2*-1;+2. The Hall–Kier alpha value is -1.62. The molecule has 28 heavy (non-hydrogen) atoms. The molecule has 0 saturated heterocycles. The van der Waals surface area contributed by atoms with Crippen molar-refractivity contribution in [3.63, 3.8) is 0 Å². The largest absolute Gasteiger partial charge is 2.00 e. The van der Waals surface area contributed by atoms with Crippen molar-refractivity contribution in [2.24, 2.45) is 0 Å². The summed E-state index contributed by atoms with van der Waals surface area (Å²) in [4.78, 5) is 25.3. The van der Waals surface area contributed by atoms with E-state index in [4.69, 9.17) is 10.5 Å². The molecule has 0 aliphatic carbocycles. The van der Waals surface area contributed by atoms with Crippen molar-refractivity contribution in [3.05, 3.63) is 58.7 Å². The van der Waals surface area contributed by atoms with Gasteiger partial charge >= 0.3 is 37.1 Å². The van der Waals surface area contributed by atoms with E-state index in [9.17, 15) is 9.59 Å². The van der Waals surface area contributed by atoms with Gasteiger partial charge < -0.3 is 17.4 Å². The van der Waals surface area contributed by atoms with Crippen molar-refractivity contribution in [1.82, 2.24) is 9.78 Å². The van der Waals surface area contributed by atoms with Crippen molar-refractivity contribution < 1.29 is 40.6 Å². The van der Waals surface area contributed by atoms with Crippen LogP contribution in [0.25, 0.3) is 16.5 Å². The number of nitrogens with zero attached hydrogens (tertiary/aromatic N) is 2. The Bertz CT molecular complexity index is 992. The van der Waals surface area contributed by atoms with Gasteiger partial charge in [-0.25, -0.2) is 9.48 Å². The molecule has 1 aromatic carbocycles. The summed E-state index contributed by atoms with van der Waals surface area (Å²) >= 11 is 1.20. The zero-order chi connectivity index (χ0) is 20.2. The van der Waals surface area contributed by atoms with Gasteiger partial charge in [0.15, 0.2) is 5.69 Å². The van der Waals surface area contributed by atoms with Crippen LogP contribution in [-0.4, -0.2) is 21.4 Å². The van der Waals surface area contributed by atoms with Crippen LogP contribution in [0.15, 0.2) is 34.4 Å². The Kier molecular flexibility index (Phi) is 8.93. The first-order valence-corrected chi connectivity index (χ1v) is 9.36. The minimum Gasteiger partial charge on any atom is -0.455 e. The maximum absolute atomic E-state index is 12.7. The quantitative estimate of drug-likeness (QED) is 0.345. The van der Waals surface area contributed by atoms with E-state index in [1.807, 2.05) is 6.92 Å². The first kappa shape index (κ1) is 24.4. The molecule has 6 nitrogen and oxygen atoms in total. The number of aromatic nitrogens is 2. The van der Waals surface area contributed by atoms with Crippen LogP contribution in [0.2, 0.25) is 0 Å². The number of nitrogen functional groups attached to an aromatic ring is 1. The number of anilines is 1. The van der Waals surface area contributed by atoms with Gasteiger partial charge in [0, 0.05) is 10.8 Å². The zero-order valence-electron chi connectivity index (χ0n) is 16.4. The van der Waals surface area contributed by atoms with Crippen molar-refractivity contribution in [3.8, 4) is 5.69 Å². The summed E-state index contributed by atoms with van der Waals surface area (Å²) in [5.74, 6) is -0.596. The maximum atomic E-state index is 12.7. The van der Waals surface area contributed by atoms with Crippen molar-refractivity contribution in [2.75, 3.05) is 5.73 Å². The van der Waals surface area contributed by atoms with Crippen LogP contribution in [-0.2, 0) is 4.74 Å². The van der Waals surface area contributed by atoms with Crippen LogP contribution in [0, 0.1) is 44.1 Å². The van der Waals surface area contributed by atoms with Crippen LogP contribution in [0.3, 0.4) is 0 Å². The Morgan fingerprint density at radius 2 is 1.93 bits per heavy atom. The molecule has 2 aromatic heterocycles. The van der Waals surface area contributed by atoms with Crippen molar-refractivity contribution >= 4 is 33.1 Å². The number of fused-ring (bicyclic) bond motifs is 1. The van der Waals surface area contributed by atoms with Crippen LogP contribution in [0.1, 0.15) is 44.6 Å². The molecule has 0 amide bonds. The summed E-state index contributed by atoms with van der Waals surface area (Å²) in [6.45, 7) is 10.8. The summed E-state index contributed by atoms with van der Waals surface area (Å²) in [7, 11) is 0. The molecule has 3 rings (SSSR count). The first-order chi connectivity index (χ1) is 12.7. The van der Waals surface area contributed by atoms with E-state index in [0.29, 0.717) is 16.1 Å². The minimum atomic E-state index is -0.671. The topological polar surface area (TPSA) is 87.2 Å². The third-order valence-electron chi connectivity index (χ3n) is 3.22. The Morgan fingerprint density at radius 3 is 2.46 bits per heavy atom.